The predicted octanol–water partition coefficient (Wildman–Crippen LogP) is 0.519. The molecule has 0 amide bonds. The second-order valence-corrected chi connectivity index (χ2v) is 2.12. The zero-order valence-electron chi connectivity index (χ0n) is 5.85. The van der Waals surface area contributed by atoms with Gasteiger partial charge in [0, 0.05) is 5.56 Å². The lowest BCUT2D eigenvalue weighted by molar-refractivity contribution is 1.06. The highest BCUT2D eigenvalue weighted by Gasteiger charge is 1.94. The summed E-state index contributed by atoms with van der Waals surface area (Å²) < 4.78 is 0. The van der Waals surface area contributed by atoms with E-state index in [-0.39, 0.29) is 5.56 Å². The van der Waals surface area contributed by atoms with Crippen molar-refractivity contribution >= 4 is 5.82 Å². The van der Waals surface area contributed by atoms with E-state index in [9.17, 15) is 4.79 Å². The fraction of sp³-hybridized carbons (Fsp3) is 0.286. The number of hydrogen-bond donors (Lipinski definition) is 2. The smallest absolute Gasteiger partial charge is 0.252 e. The molecule has 0 saturated heterocycles. The van der Waals surface area contributed by atoms with E-state index in [1.54, 1.807) is 12.1 Å². The number of aromatic nitrogens is 1. The zero-order chi connectivity index (χ0) is 7.56. The molecule has 0 aliphatic heterocycles. The zero-order valence-corrected chi connectivity index (χ0v) is 5.85. The van der Waals surface area contributed by atoms with Gasteiger partial charge in [-0.05, 0) is 18.6 Å². The molecule has 3 nitrogen and oxygen atoms in total. The van der Waals surface area contributed by atoms with Crippen molar-refractivity contribution in [3.63, 3.8) is 0 Å². The van der Waals surface area contributed by atoms with Crippen molar-refractivity contribution in [2.24, 2.45) is 0 Å². The number of nitrogens with two attached hydrogens (primary N) is 1. The van der Waals surface area contributed by atoms with Crippen LogP contribution in [0.2, 0.25) is 0 Å². The number of H-pyrrole nitrogens is 1. The fourth-order valence-corrected chi connectivity index (χ4v) is 0.798. The third-order valence-electron chi connectivity index (χ3n) is 1.39. The van der Waals surface area contributed by atoms with Crippen LogP contribution in [0.5, 0.6) is 0 Å². The molecule has 0 unspecified atom stereocenters. The maximum atomic E-state index is 10.9. The van der Waals surface area contributed by atoms with Gasteiger partial charge in [0.05, 0.1) is 0 Å². The Labute approximate surface area is 58.9 Å². The molecule has 1 heterocycles. The van der Waals surface area contributed by atoms with E-state index in [0.717, 1.165) is 12.0 Å². The Bertz CT molecular complexity index is 277. The van der Waals surface area contributed by atoms with Gasteiger partial charge in [0.25, 0.3) is 5.56 Å². The Hall–Kier alpha value is -1.25. The summed E-state index contributed by atoms with van der Waals surface area (Å²) in [7, 11) is 0. The molecule has 10 heavy (non-hydrogen) atoms. The summed E-state index contributed by atoms with van der Waals surface area (Å²) in [6.45, 7) is 1.93. The van der Waals surface area contributed by atoms with E-state index in [1.165, 1.54) is 0 Å². The molecule has 54 valence electrons. The Morgan fingerprint density at radius 1 is 1.60 bits per heavy atom. The fourth-order valence-electron chi connectivity index (χ4n) is 0.798. The lowest BCUT2D eigenvalue weighted by atomic mass is 10.2. The van der Waals surface area contributed by atoms with Crippen LogP contribution in [-0.4, -0.2) is 4.98 Å². The molecule has 1 rings (SSSR count). The normalized spacial score (nSPS) is 9.70. The van der Waals surface area contributed by atoms with Crippen LogP contribution < -0.4 is 11.3 Å². The number of nitrogens with one attached hydrogen (secondary N) is 1. The van der Waals surface area contributed by atoms with E-state index < -0.39 is 0 Å². The molecule has 1 aromatic rings. The van der Waals surface area contributed by atoms with Gasteiger partial charge in [-0.25, -0.2) is 0 Å². The van der Waals surface area contributed by atoms with Crippen LogP contribution in [0, 0.1) is 0 Å². The van der Waals surface area contributed by atoms with Crippen molar-refractivity contribution in [1.82, 2.24) is 4.98 Å². The number of hydrogen-bond acceptors (Lipinski definition) is 2. The molecular weight excluding hydrogens is 128 g/mol. The van der Waals surface area contributed by atoms with Crippen molar-refractivity contribution in [2.75, 3.05) is 5.73 Å². The van der Waals surface area contributed by atoms with Crippen LogP contribution in [0.3, 0.4) is 0 Å². The number of aromatic amines is 1. The Kier molecular flexibility index (Phi) is 1.76. The van der Waals surface area contributed by atoms with Gasteiger partial charge in [0.2, 0.25) is 0 Å². The first-order valence-electron chi connectivity index (χ1n) is 3.21. The molecular formula is C7H10N2O. The van der Waals surface area contributed by atoms with Crippen molar-refractivity contribution in [2.45, 2.75) is 13.3 Å². The third-order valence-corrected chi connectivity index (χ3v) is 1.39. The van der Waals surface area contributed by atoms with E-state index in [2.05, 4.69) is 4.98 Å². The van der Waals surface area contributed by atoms with Crippen LogP contribution in [0.1, 0.15) is 12.5 Å². The molecule has 0 aliphatic rings. The minimum absolute atomic E-state index is 0.0810. The van der Waals surface area contributed by atoms with Gasteiger partial charge in [0.1, 0.15) is 5.82 Å². The average molecular weight is 138 g/mol. The molecule has 0 bridgehead atoms. The van der Waals surface area contributed by atoms with Gasteiger partial charge in [0.15, 0.2) is 0 Å². The van der Waals surface area contributed by atoms with Gasteiger partial charge in [-0.3, -0.25) is 4.79 Å². The quantitative estimate of drug-likeness (QED) is 0.594. The number of anilines is 1. The standard InChI is InChI=1S/C7H10N2O/c1-2-5-3-4-6(8)9-7(5)10/h3-4H,2H2,1H3,(H3,8,9,10). The molecule has 0 saturated carbocycles. The van der Waals surface area contributed by atoms with Crippen molar-refractivity contribution in [1.29, 1.82) is 0 Å². The van der Waals surface area contributed by atoms with Crippen molar-refractivity contribution < 1.29 is 0 Å². The number of pyridine rings is 1. The topological polar surface area (TPSA) is 58.9 Å². The van der Waals surface area contributed by atoms with Crippen LogP contribution >= 0.6 is 0 Å². The first-order chi connectivity index (χ1) is 4.74. The molecule has 0 radical (unpaired) electrons. The van der Waals surface area contributed by atoms with Gasteiger partial charge in [-0.2, -0.15) is 0 Å². The molecule has 0 aromatic carbocycles. The van der Waals surface area contributed by atoms with E-state index in [0.29, 0.717) is 5.82 Å². The molecule has 3 heteroatoms. The van der Waals surface area contributed by atoms with E-state index in [4.69, 9.17) is 5.73 Å². The molecule has 0 spiro atoms. The molecule has 0 atom stereocenters. The highest BCUT2D eigenvalue weighted by Crippen LogP contribution is 1.94. The van der Waals surface area contributed by atoms with Crippen LogP contribution in [0.4, 0.5) is 5.82 Å². The van der Waals surface area contributed by atoms with Gasteiger partial charge < -0.3 is 10.7 Å². The SMILES string of the molecule is CCc1ccc(N)[nH]c1=O. The molecule has 3 N–H and O–H groups in total. The third kappa shape index (κ3) is 1.18. The maximum absolute atomic E-state index is 10.9. The van der Waals surface area contributed by atoms with Crippen molar-refractivity contribution in [3.8, 4) is 0 Å². The summed E-state index contributed by atoms with van der Waals surface area (Å²) in [6.07, 6.45) is 0.746. The first-order valence-corrected chi connectivity index (χ1v) is 3.21. The highest BCUT2D eigenvalue weighted by atomic mass is 16.1. The maximum Gasteiger partial charge on any atom is 0.252 e. The highest BCUT2D eigenvalue weighted by molar-refractivity contribution is 5.29. The number of rotatable bonds is 1. The Morgan fingerprint density at radius 2 is 2.30 bits per heavy atom. The summed E-state index contributed by atoms with van der Waals surface area (Å²) in [5, 5.41) is 0. The minimum Gasteiger partial charge on any atom is -0.385 e. The second kappa shape index (κ2) is 2.56. The summed E-state index contributed by atoms with van der Waals surface area (Å²) in [4.78, 5) is 13.4. The summed E-state index contributed by atoms with van der Waals surface area (Å²) in [6, 6.07) is 3.44. The Balaban J connectivity index is 3.20. The van der Waals surface area contributed by atoms with Crippen LogP contribution in [-0.2, 0) is 6.42 Å². The predicted molar refractivity (Wildman–Crippen MR) is 40.9 cm³/mol. The van der Waals surface area contributed by atoms with Crippen molar-refractivity contribution in [3.05, 3.63) is 28.0 Å². The lowest BCUT2D eigenvalue weighted by Crippen LogP contribution is -2.12. The monoisotopic (exact) mass is 138 g/mol. The summed E-state index contributed by atoms with van der Waals surface area (Å²) >= 11 is 0. The summed E-state index contributed by atoms with van der Waals surface area (Å²) in [5.41, 5.74) is 6.02. The minimum atomic E-state index is -0.0810. The summed E-state index contributed by atoms with van der Waals surface area (Å²) in [5.74, 6) is 0.419. The number of aryl methyl sites for hydroxylation is 1. The lowest BCUT2D eigenvalue weighted by Gasteiger charge is -1.94. The van der Waals surface area contributed by atoms with Crippen LogP contribution in [0.25, 0.3) is 0 Å². The molecule has 0 fully saturated rings. The van der Waals surface area contributed by atoms with Crippen LogP contribution in [0.15, 0.2) is 16.9 Å². The van der Waals surface area contributed by atoms with E-state index >= 15 is 0 Å². The van der Waals surface area contributed by atoms with E-state index in [1.807, 2.05) is 6.92 Å². The Morgan fingerprint density at radius 3 is 2.80 bits per heavy atom. The van der Waals surface area contributed by atoms with Gasteiger partial charge >= 0.3 is 0 Å². The largest absolute Gasteiger partial charge is 0.385 e. The van der Waals surface area contributed by atoms with Gasteiger partial charge in [-0.1, -0.05) is 6.92 Å². The second-order valence-electron chi connectivity index (χ2n) is 2.12. The molecule has 1 aromatic heterocycles. The first kappa shape index (κ1) is 6.86. The van der Waals surface area contributed by atoms with Gasteiger partial charge in [-0.15, -0.1) is 0 Å². The average Bonchev–Trinajstić information content (AvgIpc) is 1.88. The molecule has 0 aliphatic carbocycles. The number of nitrogen functional groups attached to an aromatic ring is 1.